The van der Waals surface area contributed by atoms with Crippen LogP contribution in [-0.2, 0) is 9.59 Å². The molecule has 13 nitrogen and oxygen atoms in total. The number of non-ortho nitro benzene ring substituents is 1. The van der Waals surface area contributed by atoms with E-state index >= 15 is 0 Å². The second-order valence-electron chi connectivity index (χ2n) is 7.97. The van der Waals surface area contributed by atoms with Gasteiger partial charge in [-0.1, -0.05) is 0 Å². The Morgan fingerprint density at radius 2 is 1.70 bits per heavy atom. The molecule has 0 aliphatic carbocycles. The maximum Gasteiger partial charge on any atom is 0.335 e. The topological polar surface area (TPSA) is 171 Å². The highest BCUT2D eigenvalue weighted by molar-refractivity contribution is 9.10. The summed E-state index contributed by atoms with van der Waals surface area (Å²) in [6.07, 6.45) is 1.19. The van der Waals surface area contributed by atoms with Crippen LogP contribution in [-0.4, -0.2) is 34.3 Å². The molecule has 4 rings (SSSR count). The first-order valence-corrected chi connectivity index (χ1v) is 12.0. The van der Waals surface area contributed by atoms with Crippen LogP contribution in [0.15, 0.2) is 64.6 Å². The van der Waals surface area contributed by atoms with Crippen LogP contribution in [0.2, 0.25) is 0 Å². The third-order valence-corrected chi connectivity index (χ3v) is 5.98. The summed E-state index contributed by atoms with van der Waals surface area (Å²) in [6.45, 7) is 1.78. The molecule has 1 fully saturated rings. The lowest BCUT2D eigenvalue weighted by atomic mass is 10.1. The van der Waals surface area contributed by atoms with Crippen LogP contribution in [0.4, 0.5) is 26.2 Å². The van der Waals surface area contributed by atoms with Gasteiger partial charge in [-0.15, -0.1) is 0 Å². The summed E-state index contributed by atoms with van der Waals surface area (Å²) in [7, 11) is 0. The number of halogens is 2. The Kier molecular flexibility index (Phi) is 7.85. The highest BCUT2D eigenvalue weighted by Crippen LogP contribution is 2.43. The molecule has 1 aliphatic rings. The Morgan fingerprint density at radius 1 is 1.00 bits per heavy atom. The number of nitrogens with zero attached hydrogens (tertiary/aromatic N) is 3. The monoisotopic (exact) mass is 614 g/mol. The van der Waals surface area contributed by atoms with Crippen LogP contribution in [0, 0.1) is 26.0 Å². The highest BCUT2D eigenvalue weighted by Gasteiger charge is 2.37. The summed E-state index contributed by atoms with van der Waals surface area (Å²) in [5.74, 6) is -2.80. The van der Waals surface area contributed by atoms with Crippen molar-refractivity contribution in [3.63, 3.8) is 0 Å². The number of nitro benzene ring substituents is 2. The molecule has 0 aromatic heterocycles. The van der Waals surface area contributed by atoms with E-state index in [9.17, 15) is 39.0 Å². The fourth-order valence-corrected chi connectivity index (χ4v) is 4.18. The van der Waals surface area contributed by atoms with Gasteiger partial charge in [0.1, 0.15) is 11.4 Å². The summed E-state index contributed by atoms with van der Waals surface area (Å²) in [5.41, 5.74) is -1.31. The van der Waals surface area contributed by atoms with Crippen molar-refractivity contribution in [3.05, 3.63) is 96.3 Å². The quantitative estimate of drug-likeness (QED) is 0.154. The van der Waals surface area contributed by atoms with E-state index in [1.807, 2.05) is 0 Å². The summed E-state index contributed by atoms with van der Waals surface area (Å²) in [4.78, 5) is 59.6. The van der Waals surface area contributed by atoms with Gasteiger partial charge in [0.25, 0.3) is 17.5 Å². The largest absolute Gasteiger partial charge is 0.490 e. The van der Waals surface area contributed by atoms with Crippen molar-refractivity contribution in [1.29, 1.82) is 0 Å². The second kappa shape index (κ2) is 11.3. The first-order valence-electron chi connectivity index (χ1n) is 11.2. The third kappa shape index (κ3) is 5.63. The molecular formula is C25H16BrFN4O9. The van der Waals surface area contributed by atoms with E-state index in [4.69, 9.17) is 9.47 Å². The first-order chi connectivity index (χ1) is 19.0. The van der Waals surface area contributed by atoms with Crippen LogP contribution >= 0.6 is 15.9 Å². The molecule has 204 valence electrons. The van der Waals surface area contributed by atoms with E-state index in [-0.39, 0.29) is 39.6 Å². The molecule has 40 heavy (non-hydrogen) atoms. The molecule has 1 aliphatic heterocycles. The van der Waals surface area contributed by atoms with Crippen LogP contribution in [0.1, 0.15) is 12.5 Å². The van der Waals surface area contributed by atoms with Gasteiger partial charge >= 0.3 is 11.7 Å². The summed E-state index contributed by atoms with van der Waals surface area (Å²) in [6, 6.07) is 9.16. The number of benzene rings is 3. The number of amides is 4. The smallest absolute Gasteiger partial charge is 0.335 e. The number of carbonyl (C=O) groups is 3. The number of hydrogen-bond acceptors (Lipinski definition) is 9. The lowest BCUT2D eigenvalue weighted by Crippen LogP contribution is -2.54. The van der Waals surface area contributed by atoms with Crippen molar-refractivity contribution >= 4 is 56.9 Å². The maximum atomic E-state index is 13.3. The lowest BCUT2D eigenvalue weighted by molar-refractivity contribution is -0.394. The standard InChI is InChI=1S/C25H16BrFN4O9/c1-2-39-21-11-13(9-17-23(32)28-25(34)29(24(17)33)15-5-3-14(27)4-6-15)10-18(26)22(21)40-20-8-7-16(30(35)36)12-19(20)31(37)38/h3-12H,2H2,1H3,(H,28,32,34)/b17-9+. The maximum absolute atomic E-state index is 13.3. The number of anilines is 1. The average molecular weight is 615 g/mol. The van der Waals surface area contributed by atoms with Gasteiger partial charge in [-0.25, -0.2) is 14.1 Å². The zero-order chi connectivity index (χ0) is 29.1. The van der Waals surface area contributed by atoms with Gasteiger partial charge in [0.15, 0.2) is 11.5 Å². The van der Waals surface area contributed by atoms with Crippen LogP contribution < -0.4 is 19.7 Å². The van der Waals surface area contributed by atoms with Gasteiger partial charge in [-0.2, -0.15) is 0 Å². The number of nitrogens with one attached hydrogen (secondary N) is 1. The van der Waals surface area contributed by atoms with Crippen molar-refractivity contribution in [2.45, 2.75) is 6.92 Å². The Balaban J connectivity index is 1.74. The number of carbonyl (C=O) groups excluding carboxylic acids is 3. The normalized spacial score (nSPS) is 14.2. The minimum Gasteiger partial charge on any atom is -0.490 e. The number of urea groups is 1. The fraction of sp³-hybridized carbons (Fsp3) is 0.0800. The SMILES string of the molecule is CCOc1cc(/C=C2\C(=O)NC(=O)N(c3ccc(F)cc3)C2=O)cc(Br)c1Oc1ccc([N+](=O)[O-])cc1[N+](=O)[O-]. The number of ether oxygens (including phenoxy) is 2. The number of rotatable bonds is 8. The van der Waals surface area contributed by atoms with Crippen LogP contribution in [0.3, 0.4) is 0 Å². The third-order valence-electron chi connectivity index (χ3n) is 5.39. The predicted molar refractivity (Wildman–Crippen MR) is 141 cm³/mol. The zero-order valence-electron chi connectivity index (χ0n) is 20.3. The number of barbiturate groups is 1. The van der Waals surface area contributed by atoms with E-state index in [2.05, 4.69) is 21.2 Å². The Hall–Kier alpha value is -5.18. The lowest BCUT2D eigenvalue weighted by Gasteiger charge is -2.26. The highest BCUT2D eigenvalue weighted by atomic mass is 79.9. The zero-order valence-corrected chi connectivity index (χ0v) is 21.8. The first kappa shape index (κ1) is 27.8. The minimum absolute atomic E-state index is 0.0245. The van der Waals surface area contributed by atoms with E-state index in [1.165, 1.54) is 30.3 Å². The van der Waals surface area contributed by atoms with E-state index in [1.54, 1.807) is 6.92 Å². The Morgan fingerprint density at radius 3 is 2.33 bits per heavy atom. The summed E-state index contributed by atoms with van der Waals surface area (Å²) >= 11 is 3.29. The van der Waals surface area contributed by atoms with E-state index < -0.39 is 50.5 Å². The molecule has 0 radical (unpaired) electrons. The molecule has 3 aromatic rings. The van der Waals surface area contributed by atoms with Crippen molar-refractivity contribution in [2.75, 3.05) is 11.5 Å². The molecule has 1 heterocycles. The van der Waals surface area contributed by atoms with E-state index in [0.29, 0.717) is 4.90 Å². The molecular weight excluding hydrogens is 599 g/mol. The Bertz CT molecular complexity index is 1610. The molecule has 15 heteroatoms. The minimum atomic E-state index is -1.01. The molecule has 0 spiro atoms. The number of hydrogen-bond donors (Lipinski definition) is 1. The van der Waals surface area contributed by atoms with Crippen molar-refractivity contribution in [1.82, 2.24) is 5.32 Å². The molecule has 3 aromatic carbocycles. The molecule has 0 atom stereocenters. The molecule has 0 bridgehead atoms. The van der Waals surface area contributed by atoms with Gasteiger partial charge in [0.2, 0.25) is 5.75 Å². The van der Waals surface area contributed by atoms with Crippen molar-refractivity contribution in [3.8, 4) is 17.2 Å². The van der Waals surface area contributed by atoms with Gasteiger partial charge in [-0.3, -0.25) is 35.1 Å². The number of imide groups is 2. The predicted octanol–water partition coefficient (Wildman–Crippen LogP) is 5.26. The molecule has 1 saturated heterocycles. The number of nitro groups is 2. The van der Waals surface area contributed by atoms with Crippen LogP contribution in [0.5, 0.6) is 17.2 Å². The van der Waals surface area contributed by atoms with Crippen LogP contribution in [0.25, 0.3) is 6.08 Å². The average Bonchev–Trinajstić information content (AvgIpc) is 2.89. The van der Waals surface area contributed by atoms with Gasteiger partial charge < -0.3 is 9.47 Å². The molecule has 1 N–H and O–H groups in total. The summed E-state index contributed by atoms with van der Waals surface area (Å²) < 4.78 is 24.9. The van der Waals surface area contributed by atoms with Gasteiger partial charge in [0.05, 0.1) is 32.7 Å². The Labute approximate surface area is 232 Å². The molecule has 4 amide bonds. The second-order valence-corrected chi connectivity index (χ2v) is 8.82. The van der Waals surface area contributed by atoms with Crippen molar-refractivity contribution < 1.29 is 38.1 Å². The van der Waals surface area contributed by atoms with Crippen molar-refractivity contribution in [2.24, 2.45) is 0 Å². The van der Waals surface area contributed by atoms with Gasteiger partial charge in [-0.05, 0) is 77.0 Å². The molecule has 0 saturated carbocycles. The summed E-state index contributed by atoms with van der Waals surface area (Å²) in [5, 5.41) is 24.6. The fourth-order valence-electron chi connectivity index (χ4n) is 3.64. The van der Waals surface area contributed by atoms with E-state index in [0.717, 1.165) is 30.3 Å². The molecule has 0 unspecified atom stereocenters. The van der Waals surface area contributed by atoms with Gasteiger partial charge in [0, 0.05) is 6.07 Å².